The van der Waals surface area contributed by atoms with E-state index < -0.39 is 23.2 Å². The number of alkyl halides is 6. The van der Waals surface area contributed by atoms with Crippen LogP contribution in [-0.2, 0) is 4.79 Å². The monoisotopic (exact) mass is 501 g/mol. The minimum Gasteiger partial charge on any atom is -0.356 e. The molecule has 0 heterocycles. The second-order valence-corrected chi connectivity index (χ2v) is 8.37. The number of carbonyl (C=O) groups is 2. The molecule has 0 saturated heterocycles. The fraction of sp³-hybridized carbons (Fsp3) is 0.417. The molecule has 1 N–H and O–H groups in total. The van der Waals surface area contributed by atoms with Gasteiger partial charge in [-0.05, 0) is 61.6 Å². The minimum atomic E-state index is -5.62. The second kappa shape index (κ2) is 10.2. The molecule has 2 aromatic carbocycles. The van der Waals surface area contributed by atoms with Gasteiger partial charge in [0.1, 0.15) is 0 Å². The molecule has 1 aliphatic rings. The number of amides is 2. The van der Waals surface area contributed by atoms with Gasteiger partial charge in [0.25, 0.3) is 5.91 Å². The summed E-state index contributed by atoms with van der Waals surface area (Å²) in [5.41, 5.74) is 0.253. The van der Waals surface area contributed by atoms with E-state index >= 15 is 0 Å². The van der Waals surface area contributed by atoms with Crippen molar-refractivity contribution in [2.45, 2.75) is 44.8 Å². The normalized spacial score (nSPS) is 18.3. The van der Waals surface area contributed by atoms with Crippen LogP contribution in [0.2, 0.25) is 0 Å². The van der Waals surface area contributed by atoms with Crippen molar-refractivity contribution in [3.05, 3.63) is 54.1 Å². The van der Waals surface area contributed by atoms with Gasteiger partial charge in [-0.25, -0.2) is 0 Å². The van der Waals surface area contributed by atoms with E-state index in [2.05, 4.69) is 5.32 Å². The summed E-state index contributed by atoms with van der Waals surface area (Å²) in [6.07, 6.45) is -9.25. The summed E-state index contributed by atoms with van der Waals surface area (Å²) in [6, 6.07) is 9.98. The van der Waals surface area contributed by atoms with Crippen molar-refractivity contribution in [3.8, 4) is 11.1 Å². The van der Waals surface area contributed by atoms with Gasteiger partial charge in [0.05, 0.1) is 5.69 Å². The summed E-state index contributed by atoms with van der Waals surface area (Å²) in [6.45, 7) is 2.39. The van der Waals surface area contributed by atoms with Gasteiger partial charge < -0.3 is 10.2 Å². The average molecular weight is 501 g/mol. The van der Waals surface area contributed by atoms with Gasteiger partial charge in [-0.3, -0.25) is 9.59 Å². The highest BCUT2D eigenvalue weighted by molar-refractivity contribution is 5.95. The maximum atomic E-state index is 12.9. The van der Waals surface area contributed by atoms with E-state index in [4.69, 9.17) is 0 Å². The number of benzene rings is 2. The first-order valence-electron chi connectivity index (χ1n) is 11.0. The fourth-order valence-corrected chi connectivity index (χ4v) is 4.28. The molecule has 190 valence electrons. The Labute approximate surface area is 198 Å². The SMILES string of the molecule is CCNC(=O)[C@H]1CC[C@@H](N(C)C(=O)c2ccc(-c3ccc(N(C(F)(F)F)C(F)(F)F)cc3)cc2)C1. The quantitative estimate of drug-likeness (QED) is 0.416. The molecule has 1 saturated carbocycles. The molecule has 0 bridgehead atoms. The lowest BCUT2D eigenvalue weighted by Crippen LogP contribution is -2.48. The van der Waals surface area contributed by atoms with Crippen molar-refractivity contribution in [1.29, 1.82) is 0 Å². The van der Waals surface area contributed by atoms with Gasteiger partial charge >= 0.3 is 12.6 Å². The standard InChI is InChI=1S/C24H25F6N3O2/c1-3-31-21(34)18-10-13-20(14-18)32(2)22(35)17-6-4-15(5-7-17)16-8-11-19(12-9-16)33(23(25,26)27)24(28,29)30/h4-9,11-12,18,20H,3,10,13-14H2,1-2H3,(H,31,34)/t18-,20+/m0/s1. The van der Waals surface area contributed by atoms with Crippen molar-refractivity contribution >= 4 is 17.5 Å². The zero-order valence-corrected chi connectivity index (χ0v) is 19.1. The highest BCUT2D eigenvalue weighted by atomic mass is 19.4. The van der Waals surface area contributed by atoms with E-state index in [0.717, 1.165) is 24.3 Å². The molecule has 0 radical (unpaired) electrons. The number of anilines is 1. The Hall–Kier alpha value is -3.24. The van der Waals surface area contributed by atoms with Crippen LogP contribution in [0.4, 0.5) is 32.0 Å². The van der Waals surface area contributed by atoms with E-state index in [1.54, 1.807) is 36.2 Å². The first-order valence-corrected chi connectivity index (χ1v) is 11.0. The van der Waals surface area contributed by atoms with E-state index in [9.17, 15) is 35.9 Å². The number of rotatable bonds is 6. The number of nitrogens with zero attached hydrogens (tertiary/aromatic N) is 2. The number of carbonyl (C=O) groups excluding carboxylic acids is 2. The fourth-order valence-electron chi connectivity index (χ4n) is 4.28. The van der Waals surface area contributed by atoms with E-state index in [1.165, 1.54) is 0 Å². The summed E-state index contributed by atoms with van der Waals surface area (Å²) < 4.78 is 77.2. The van der Waals surface area contributed by atoms with Crippen LogP contribution in [0, 0.1) is 5.92 Å². The maximum absolute atomic E-state index is 12.9. The molecule has 1 fully saturated rings. The molecule has 5 nitrogen and oxygen atoms in total. The molecule has 2 amide bonds. The summed E-state index contributed by atoms with van der Waals surface area (Å²) in [7, 11) is 1.67. The van der Waals surface area contributed by atoms with Crippen LogP contribution >= 0.6 is 0 Å². The third-order valence-corrected chi connectivity index (χ3v) is 6.09. The van der Waals surface area contributed by atoms with Crippen LogP contribution in [0.25, 0.3) is 11.1 Å². The molecule has 2 atom stereocenters. The van der Waals surface area contributed by atoms with Crippen molar-refractivity contribution in [2.24, 2.45) is 5.92 Å². The van der Waals surface area contributed by atoms with Crippen LogP contribution in [0.3, 0.4) is 0 Å². The lowest BCUT2D eigenvalue weighted by Gasteiger charge is -2.28. The molecule has 2 aromatic rings. The van der Waals surface area contributed by atoms with Gasteiger partial charge in [0, 0.05) is 31.1 Å². The van der Waals surface area contributed by atoms with Crippen molar-refractivity contribution in [1.82, 2.24) is 10.2 Å². The molecule has 35 heavy (non-hydrogen) atoms. The third kappa shape index (κ3) is 6.07. The smallest absolute Gasteiger partial charge is 0.356 e. The minimum absolute atomic E-state index is 0.0141. The van der Waals surface area contributed by atoms with Crippen molar-refractivity contribution in [3.63, 3.8) is 0 Å². The van der Waals surface area contributed by atoms with E-state index in [0.29, 0.717) is 42.5 Å². The lowest BCUT2D eigenvalue weighted by atomic mass is 10.0. The number of hydrogen-bond acceptors (Lipinski definition) is 3. The summed E-state index contributed by atoms with van der Waals surface area (Å²) >= 11 is 0. The zero-order valence-electron chi connectivity index (χ0n) is 19.1. The third-order valence-electron chi connectivity index (χ3n) is 6.09. The predicted octanol–water partition coefficient (Wildman–Crippen LogP) is 5.58. The summed E-state index contributed by atoms with van der Waals surface area (Å²) in [4.78, 5) is 25.0. The molecule has 0 aromatic heterocycles. The van der Waals surface area contributed by atoms with Crippen LogP contribution in [0.1, 0.15) is 36.5 Å². The molecular weight excluding hydrogens is 476 g/mol. The molecule has 0 aliphatic heterocycles. The predicted molar refractivity (Wildman–Crippen MR) is 118 cm³/mol. The van der Waals surface area contributed by atoms with E-state index in [-0.39, 0.29) is 23.8 Å². The molecule has 0 spiro atoms. The van der Waals surface area contributed by atoms with Crippen molar-refractivity contribution < 1.29 is 35.9 Å². The van der Waals surface area contributed by atoms with Gasteiger partial charge in [0.2, 0.25) is 5.91 Å². The number of hydrogen-bond donors (Lipinski definition) is 1. The van der Waals surface area contributed by atoms with Gasteiger partial charge in [0.15, 0.2) is 0 Å². The Morgan fingerprint density at radius 2 is 1.40 bits per heavy atom. The summed E-state index contributed by atoms with van der Waals surface area (Å²) in [5, 5.41) is 2.80. The highest BCUT2D eigenvalue weighted by Crippen LogP contribution is 2.39. The van der Waals surface area contributed by atoms with Crippen LogP contribution in [0.5, 0.6) is 0 Å². The zero-order chi connectivity index (χ0) is 26.0. The van der Waals surface area contributed by atoms with Crippen LogP contribution < -0.4 is 10.2 Å². The Morgan fingerprint density at radius 1 is 0.886 bits per heavy atom. The topological polar surface area (TPSA) is 52.7 Å². The Bertz CT molecular complexity index is 1020. The first-order chi connectivity index (χ1) is 16.3. The molecule has 1 aliphatic carbocycles. The Kier molecular flexibility index (Phi) is 7.66. The highest BCUT2D eigenvalue weighted by Gasteiger charge is 2.53. The molecular formula is C24H25F6N3O2. The Morgan fingerprint density at radius 3 is 1.89 bits per heavy atom. The van der Waals surface area contributed by atoms with Crippen LogP contribution in [0.15, 0.2) is 48.5 Å². The maximum Gasteiger partial charge on any atom is 0.491 e. The molecule has 0 unspecified atom stereocenters. The molecule has 11 heteroatoms. The molecule has 3 rings (SSSR count). The first kappa shape index (κ1) is 26.4. The second-order valence-electron chi connectivity index (χ2n) is 8.37. The lowest BCUT2D eigenvalue weighted by molar-refractivity contribution is -0.226. The van der Waals surface area contributed by atoms with Crippen LogP contribution in [-0.4, -0.2) is 48.9 Å². The number of halogens is 6. The van der Waals surface area contributed by atoms with Crippen molar-refractivity contribution in [2.75, 3.05) is 18.5 Å². The Balaban J connectivity index is 1.70. The average Bonchev–Trinajstić information content (AvgIpc) is 3.27. The number of nitrogens with one attached hydrogen (secondary N) is 1. The van der Waals surface area contributed by atoms with Gasteiger partial charge in [-0.15, -0.1) is 26.3 Å². The van der Waals surface area contributed by atoms with E-state index in [1.807, 2.05) is 6.92 Å². The summed E-state index contributed by atoms with van der Waals surface area (Å²) in [5.74, 6) is -0.384. The van der Waals surface area contributed by atoms with Gasteiger partial charge in [-0.1, -0.05) is 24.3 Å². The van der Waals surface area contributed by atoms with Gasteiger partial charge in [-0.2, -0.15) is 4.90 Å². The largest absolute Gasteiger partial charge is 0.491 e.